The number of rotatable bonds is 4. The smallest absolute Gasteiger partial charge is 0.274 e. The molecule has 0 aromatic heterocycles. The van der Waals surface area contributed by atoms with Crippen LogP contribution in [0.25, 0.3) is 0 Å². The zero-order valence-electron chi connectivity index (χ0n) is 12.0. The lowest BCUT2D eigenvalue weighted by molar-refractivity contribution is -0.138. The molecule has 0 bridgehead atoms. The van der Waals surface area contributed by atoms with E-state index in [4.69, 9.17) is 11.6 Å². The molecule has 1 aliphatic heterocycles. The van der Waals surface area contributed by atoms with Crippen LogP contribution in [-0.4, -0.2) is 23.4 Å². The first-order chi connectivity index (χ1) is 10.4. The lowest BCUT2D eigenvalue weighted by Crippen LogP contribution is -2.51. The Hall–Kier alpha value is -1.95. The summed E-state index contributed by atoms with van der Waals surface area (Å²) in [6, 6.07) is 6.53. The van der Waals surface area contributed by atoms with Crippen LogP contribution in [0, 0.1) is 0 Å². The fourth-order valence-corrected chi connectivity index (χ4v) is 2.69. The van der Waals surface area contributed by atoms with E-state index in [2.05, 4.69) is 10.6 Å². The van der Waals surface area contributed by atoms with Gasteiger partial charge in [0.15, 0.2) is 0 Å². The SMILES string of the molecule is CCC1(c2ccc(NC(=O)C(F)Cl)cc2)CCC(=O)NC1=O. The summed E-state index contributed by atoms with van der Waals surface area (Å²) in [5, 5.41) is 4.69. The van der Waals surface area contributed by atoms with Crippen LogP contribution in [-0.2, 0) is 19.8 Å². The standard InChI is InChI=1S/C15H16ClFN2O3/c1-2-15(8-7-11(20)19-14(15)22)9-3-5-10(6-4-9)18-13(21)12(16)17/h3-6,12H,2,7-8H2,1H3,(H,18,21)(H,19,20,22). The van der Waals surface area contributed by atoms with Gasteiger partial charge in [-0.2, -0.15) is 0 Å². The lowest BCUT2D eigenvalue weighted by Gasteiger charge is -2.35. The van der Waals surface area contributed by atoms with Crippen LogP contribution < -0.4 is 10.6 Å². The molecule has 2 atom stereocenters. The van der Waals surface area contributed by atoms with Gasteiger partial charge in [-0.1, -0.05) is 30.7 Å². The van der Waals surface area contributed by atoms with Crippen LogP contribution in [0.4, 0.5) is 10.1 Å². The van der Waals surface area contributed by atoms with Crippen LogP contribution in [0.15, 0.2) is 24.3 Å². The first-order valence-corrected chi connectivity index (χ1v) is 7.36. The average Bonchev–Trinajstić information content (AvgIpc) is 2.49. The Kier molecular flexibility index (Phi) is 4.81. The van der Waals surface area contributed by atoms with Gasteiger partial charge in [-0.05, 0) is 30.5 Å². The number of carbonyl (C=O) groups excluding carboxylic acids is 3. The van der Waals surface area contributed by atoms with Crippen molar-refractivity contribution in [2.45, 2.75) is 37.2 Å². The second-order valence-electron chi connectivity index (χ2n) is 5.18. The number of piperidine rings is 1. The number of amides is 3. The van der Waals surface area contributed by atoms with Crippen molar-refractivity contribution in [1.82, 2.24) is 5.32 Å². The molecule has 0 aliphatic carbocycles. The molecule has 7 heteroatoms. The molecule has 2 rings (SSSR count). The van der Waals surface area contributed by atoms with Gasteiger partial charge in [0, 0.05) is 12.1 Å². The van der Waals surface area contributed by atoms with Crippen molar-refractivity contribution in [3.8, 4) is 0 Å². The molecule has 3 amide bonds. The highest BCUT2D eigenvalue weighted by molar-refractivity contribution is 6.31. The summed E-state index contributed by atoms with van der Waals surface area (Å²) in [4.78, 5) is 34.7. The van der Waals surface area contributed by atoms with Crippen molar-refractivity contribution < 1.29 is 18.8 Å². The Morgan fingerprint density at radius 1 is 1.41 bits per heavy atom. The number of nitrogens with one attached hydrogen (secondary N) is 2. The summed E-state index contributed by atoms with van der Waals surface area (Å²) in [5.41, 5.74) is -1.74. The first-order valence-electron chi connectivity index (χ1n) is 6.93. The fourth-order valence-electron chi connectivity index (χ4n) is 2.64. The molecular weight excluding hydrogens is 311 g/mol. The molecule has 2 N–H and O–H groups in total. The molecule has 5 nitrogen and oxygen atoms in total. The Morgan fingerprint density at radius 3 is 2.55 bits per heavy atom. The second-order valence-corrected chi connectivity index (χ2v) is 5.56. The van der Waals surface area contributed by atoms with Gasteiger partial charge in [0.05, 0.1) is 5.41 Å². The average molecular weight is 327 g/mol. The molecule has 2 unspecified atom stereocenters. The third kappa shape index (κ3) is 3.11. The summed E-state index contributed by atoms with van der Waals surface area (Å²) in [6.45, 7) is 1.88. The van der Waals surface area contributed by atoms with Crippen molar-refractivity contribution in [3.63, 3.8) is 0 Å². The predicted molar refractivity (Wildman–Crippen MR) is 80.2 cm³/mol. The molecule has 118 valence electrons. The number of imide groups is 1. The van der Waals surface area contributed by atoms with Crippen LogP contribution in [0.5, 0.6) is 0 Å². The molecule has 0 radical (unpaired) electrons. The summed E-state index contributed by atoms with van der Waals surface area (Å²) in [5.74, 6) is -1.53. The normalized spacial score (nSPS) is 22.9. The van der Waals surface area contributed by atoms with Gasteiger partial charge >= 0.3 is 0 Å². The molecule has 1 saturated heterocycles. The van der Waals surface area contributed by atoms with Gasteiger partial charge in [0.1, 0.15) is 0 Å². The maximum absolute atomic E-state index is 12.6. The number of benzene rings is 1. The molecule has 1 aromatic rings. The fraction of sp³-hybridized carbons (Fsp3) is 0.400. The number of anilines is 1. The third-order valence-electron chi connectivity index (χ3n) is 3.97. The summed E-state index contributed by atoms with van der Waals surface area (Å²) in [7, 11) is 0. The van der Waals surface area contributed by atoms with E-state index in [1.807, 2.05) is 6.92 Å². The zero-order valence-corrected chi connectivity index (χ0v) is 12.7. The van der Waals surface area contributed by atoms with E-state index in [0.717, 1.165) is 5.56 Å². The van der Waals surface area contributed by atoms with Crippen molar-refractivity contribution in [2.24, 2.45) is 0 Å². The minimum atomic E-state index is -2.11. The van der Waals surface area contributed by atoms with Crippen molar-refractivity contribution >= 4 is 35.0 Å². The van der Waals surface area contributed by atoms with E-state index in [1.54, 1.807) is 24.3 Å². The van der Waals surface area contributed by atoms with Crippen LogP contribution in [0.2, 0.25) is 0 Å². The highest BCUT2D eigenvalue weighted by atomic mass is 35.5. The van der Waals surface area contributed by atoms with Crippen LogP contribution in [0.3, 0.4) is 0 Å². The maximum Gasteiger partial charge on any atom is 0.274 e. The van der Waals surface area contributed by atoms with E-state index >= 15 is 0 Å². The van der Waals surface area contributed by atoms with Crippen molar-refractivity contribution in [2.75, 3.05) is 5.32 Å². The van der Waals surface area contributed by atoms with E-state index < -0.39 is 17.0 Å². The molecule has 22 heavy (non-hydrogen) atoms. The molecule has 0 saturated carbocycles. The van der Waals surface area contributed by atoms with Gasteiger partial charge in [0.2, 0.25) is 11.8 Å². The van der Waals surface area contributed by atoms with Gasteiger partial charge in [-0.25, -0.2) is 4.39 Å². The monoisotopic (exact) mass is 326 g/mol. The largest absolute Gasteiger partial charge is 0.322 e. The number of hydrogen-bond acceptors (Lipinski definition) is 3. The maximum atomic E-state index is 12.6. The molecule has 1 heterocycles. The second kappa shape index (κ2) is 6.44. The third-order valence-corrected chi connectivity index (χ3v) is 4.17. The van der Waals surface area contributed by atoms with Crippen LogP contribution >= 0.6 is 11.6 Å². The predicted octanol–water partition coefficient (Wildman–Crippen LogP) is 2.24. The van der Waals surface area contributed by atoms with E-state index in [-0.39, 0.29) is 18.2 Å². The topological polar surface area (TPSA) is 75.3 Å². The molecule has 1 aliphatic rings. The lowest BCUT2D eigenvalue weighted by atomic mass is 9.72. The minimum absolute atomic E-state index is 0.269. The molecule has 1 aromatic carbocycles. The quantitative estimate of drug-likeness (QED) is 0.658. The minimum Gasteiger partial charge on any atom is -0.322 e. The molecule has 1 fully saturated rings. The summed E-state index contributed by atoms with van der Waals surface area (Å²) < 4.78 is 12.6. The molecule has 0 spiro atoms. The van der Waals surface area contributed by atoms with E-state index in [0.29, 0.717) is 18.5 Å². The van der Waals surface area contributed by atoms with E-state index in [9.17, 15) is 18.8 Å². The highest BCUT2D eigenvalue weighted by Crippen LogP contribution is 2.36. The molecular formula is C15H16ClFN2O3. The number of hydrogen-bond donors (Lipinski definition) is 2. The Morgan fingerprint density at radius 2 is 2.05 bits per heavy atom. The Bertz CT molecular complexity index is 603. The summed E-state index contributed by atoms with van der Waals surface area (Å²) >= 11 is 5.04. The van der Waals surface area contributed by atoms with E-state index in [1.165, 1.54) is 0 Å². The van der Waals surface area contributed by atoms with Gasteiger partial charge in [-0.15, -0.1) is 0 Å². The van der Waals surface area contributed by atoms with Crippen molar-refractivity contribution in [1.29, 1.82) is 0 Å². The summed E-state index contributed by atoms with van der Waals surface area (Å²) in [6.07, 6.45) is 1.27. The van der Waals surface area contributed by atoms with Crippen LogP contribution in [0.1, 0.15) is 31.7 Å². The Labute approximate surface area is 132 Å². The zero-order chi connectivity index (χ0) is 16.3. The number of alkyl halides is 2. The van der Waals surface area contributed by atoms with Gasteiger partial charge in [-0.3, -0.25) is 19.7 Å². The number of halogens is 2. The highest BCUT2D eigenvalue weighted by Gasteiger charge is 2.42. The Balaban J connectivity index is 2.23. The number of carbonyl (C=O) groups is 3. The van der Waals surface area contributed by atoms with Crippen molar-refractivity contribution in [3.05, 3.63) is 29.8 Å². The van der Waals surface area contributed by atoms with Gasteiger partial charge < -0.3 is 5.32 Å². The first kappa shape index (κ1) is 16.4. The van der Waals surface area contributed by atoms with Gasteiger partial charge in [0.25, 0.3) is 11.5 Å².